The van der Waals surface area contributed by atoms with Gasteiger partial charge in [0.2, 0.25) is 0 Å². The monoisotopic (exact) mass is 271 g/mol. The molecule has 0 bridgehead atoms. The lowest BCUT2D eigenvalue weighted by Crippen LogP contribution is -2.08. The van der Waals surface area contributed by atoms with Crippen LogP contribution in [0, 0.1) is 13.8 Å². The van der Waals surface area contributed by atoms with E-state index in [0.717, 1.165) is 18.8 Å². The van der Waals surface area contributed by atoms with Crippen LogP contribution in [0.5, 0.6) is 0 Å². The molecule has 2 aromatic rings. The van der Waals surface area contributed by atoms with E-state index < -0.39 is 0 Å². The quantitative estimate of drug-likeness (QED) is 0.903. The van der Waals surface area contributed by atoms with Gasteiger partial charge < -0.3 is 5.32 Å². The Morgan fingerprint density at radius 1 is 1.15 bits per heavy atom. The number of nitrogens with one attached hydrogen (secondary N) is 1. The maximum atomic E-state index is 4.66. The minimum absolute atomic E-state index is 0.583. The van der Waals surface area contributed by atoms with Crippen LogP contribution in [-0.2, 0) is 13.1 Å². The molecule has 1 N–H and O–H groups in total. The van der Waals surface area contributed by atoms with Crippen molar-refractivity contribution in [3.63, 3.8) is 0 Å². The number of aryl methyl sites for hydroxylation is 1. The molecule has 0 fully saturated rings. The molecule has 0 saturated carbocycles. The van der Waals surface area contributed by atoms with Gasteiger partial charge in [0.1, 0.15) is 0 Å². The number of aromatic nitrogens is 2. The average molecular weight is 271 g/mol. The predicted molar refractivity (Wildman–Crippen MR) is 84.1 cm³/mol. The maximum Gasteiger partial charge on any atom is 0.0662 e. The summed E-state index contributed by atoms with van der Waals surface area (Å²) in [5.74, 6) is 0.583. The zero-order valence-electron chi connectivity index (χ0n) is 13.2. The topological polar surface area (TPSA) is 29.9 Å². The van der Waals surface area contributed by atoms with E-state index in [4.69, 9.17) is 0 Å². The maximum absolute atomic E-state index is 4.66. The van der Waals surface area contributed by atoms with Crippen LogP contribution in [-0.4, -0.2) is 16.8 Å². The SMILES string of the molecule is CNCc1c(C)nn(Cc2ccc(C(C)C)cc2)c1C. The molecule has 2 rings (SSSR count). The lowest BCUT2D eigenvalue weighted by molar-refractivity contribution is 0.656. The highest BCUT2D eigenvalue weighted by Gasteiger charge is 2.10. The fourth-order valence-corrected chi connectivity index (χ4v) is 2.50. The summed E-state index contributed by atoms with van der Waals surface area (Å²) in [5.41, 5.74) is 6.38. The van der Waals surface area contributed by atoms with E-state index in [2.05, 4.69) is 67.1 Å². The number of hydrogen-bond acceptors (Lipinski definition) is 2. The molecule has 0 aliphatic rings. The van der Waals surface area contributed by atoms with Gasteiger partial charge in [0, 0.05) is 17.8 Å². The fraction of sp³-hybridized carbons (Fsp3) is 0.471. The Morgan fingerprint density at radius 3 is 2.35 bits per heavy atom. The molecule has 0 spiro atoms. The summed E-state index contributed by atoms with van der Waals surface area (Å²) in [5, 5.41) is 7.87. The smallest absolute Gasteiger partial charge is 0.0662 e. The zero-order valence-corrected chi connectivity index (χ0v) is 13.2. The van der Waals surface area contributed by atoms with Crippen molar-refractivity contribution in [1.82, 2.24) is 15.1 Å². The molecule has 0 aliphatic carbocycles. The molecule has 0 amide bonds. The molecule has 0 aliphatic heterocycles. The molecule has 1 aromatic heterocycles. The van der Waals surface area contributed by atoms with Crippen molar-refractivity contribution in [3.8, 4) is 0 Å². The third-order valence-corrected chi connectivity index (χ3v) is 3.86. The first-order valence-electron chi connectivity index (χ1n) is 7.29. The Bertz CT molecular complexity index is 565. The van der Waals surface area contributed by atoms with Crippen molar-refractivity contribution in [2.24, 2.45) is 0 Å². The highest BCUT2D eigenvalue weighted by molar-refractivity contribution is 5.28. The first-order chi connectivity index (χ1) is 9.52. The van der Waals surface area contributed by atoms with E-state index >= 15 is 0 Å². The Kier molecular flexibility index (Phi) is 4.61. The Labute approximate surface area is 122 Å². The normalized spacial score (nSPS) is 11.3. The van der Waals surface area contributed by atoms with Crippen LogP contribution >= 0.6 is 0 Å². The summed E-state index contributed by atoms with van der Waals surface area (Å²) in [7, 11) is 1.97. The van der Waals surface area contributed by atoms with Gasteiger partial charge in [0.25, 0.3) is 0 Å². The van der Waals surface area contributed by atoms with Crippen molar-refractivity contribution >= 4 is 0 Å². The second-order valence-corrected chi connectivity index (χ2v) is 5.73. The zero-order chi connectivity index (χ0) is 14.7. The van der Waals surface area contributed by atoms with Gasteiger partial charge in [-0.05, 0) is 37.9 Å². The second-order valence-electron chi connectivity index (χ2n) is 5.73. The second kappa shape index (κ2) is 6.23. The highest BCUT2D eigenvalue weighted by Crippen LogP contribution is 2.17. The summed E-state index contributed by atoms with van der Waals surface area (Å²) in [6, 6.07) is 8.87. The van der Waals surface area contributed by atoms with Gasteiger partial charge in [-0.25, -0.2) is 0 Å². The first-order valence-corrected chi connectivity index (χ1v) is 7.29. The summed E-state index contributed by atoms with van der Waals surface area (Å²) < 4.78 is 2.10. The van der Waals surface area contributed by atoms with Crippen molar-refractivity contribution in [2.75, 3.05) is 7.05 Å². The molecule has 0 saturated heterocycles. The summed E-state index contributed by atoms with van der Waals surface area (Å²) in [6.45, 7) is 10.4. The van der Waals surface area contributed by atoms with Crippen molar-refractivity contribution < 1.29 is 0 Å². The van der Waals surface area contributed by atoms with Crippen LogP contribution in [0.1, 0.15) is 47.8 Å². The largest absolute Gasteiger partial charge is 0.316 e. The number of benzene rings is 1. The molecular formula is C17H25N3. The van der Waals surface area contributed by atoms with E-state index in [1.54, 1.807) is 0 Å². The molecule has 1 aromatic carbocycles. The number of hydrogen-bond donors (Lipinski definition) is 1. The van der Waals surface area contributed by atoms with Gasteiger partial charge in [-0.15, -0.1) is 0 Å². The van der Waals surface area contributed by atoms with Crippen molar-refractivity contribution in [1.29, 1.82) is 0 Å². The van der Waals surface area contributed by atoms with Gasteiger partial charge in [-0.1, -0.05) is 38.1 Å². The third kappa shape index (κ3) is 3.10. The summed E-state index contributed by atoms with van der Waals surface area (Å²) in [4.78, 5) is 0. The number of rotatable bonds is 5. The Morgan fingerprint density at radius 2 is 1.80 bits per heavy atom. The van der Waals surface area contributed by atoms with Crippen LogP contribution in [0.2, 0.25) is 0 Å². The van der Waals surface area contributed by atoms with Crippen molar-refractivity contribution in [2.45, 2.75) is 46.7 Å². The van der Waals surface area contributed by atoms with Gasteiger partial charge in [0.15, 0.2) is 0 Å². The van der Waals surface area contributed by atoms with Gasteiger partial charge >= 0.3 is 0 Å². The molecular weight excluding hydrogens is 246 g/mol. The van der Waals surface area contributed by atoms with Gasteiger partial charge in [0.05, 0.1) is 12.2 Å². The predicted octanol–water partition coefficient (Wildman–Crippen LogP) is 3.39. The van der Waals surface area contributed by atoms with Crippen LogP contribution in [0.15, 0.2) is 24.3 Å². The van der Waals surface area contributed by atoms with Crippen molar-refractivity contribution in [3.05, 3.63) is 52.3 Å². The first kappa shape index (κ1) is 14.8. The number of nitrogens with zero attached hydrogens (tertiary/aromatic N) is 2. The van der Waals surface area contributed by atoms with Crippen LogP contribution < -0.4 is 5.32 Å². The third-order valence-electron chi connectivity index (χ3n) is 3.86. The molecule has 20 heavy (non-hydrogen) atoms. The summed E-state index contributed by atoms with van der Waals surface area (Å²) in [6.07, 6.45) is 0. The minimum atomic E-state index is 0.583. The molecule has 108 valence electrons. The fourth-order valence-electron chi connectivity index (χ4n) is 2.50. The van der Waals surface area contributed by atoms with E-state index in [1.807, 2.05) is 7.05 Å². The van der Waals surface area contributed by atoms with Crippen LogP contribution in [0.25, 0.3) is 0 Å². The molecule has 3 nitrogen and oxygen atoms in total. The van der Waals surface area contributed by atoms with E-state index in [1.165, 1.54) is 22.4 Å². The molecule has 3 heteroatoms. The Balaban J connectivity index is 2.19. The highest BCUT2D eigenvalue weighted by atomic mass is 15.3. The van der Waals surface area contributed by atoms with E-state index in [-0.39, 0.29) is 0 Å². The molecule has 0 radical (unpaired) electrons. The lowest BCUT2D eigenvalue weighted by Gasteiger charge is -2.08. The molecule has 0 unspecified atom stereocenters. The van der Waals surface area contributed by atoms with Gasteiger partial charge in [-0.2, -0.15) is 5.10 Å². The van der Waals surface area contributed by atoms with Gasteiger partial charge in [-0.3, -0.25) is 4.68 Å². The Hall–Kier alpha value is -1.61. The average Bonchev–Trinajstić information content (AvgIpc) is 2.67. The van der Waals surface area contributed by atoms with Crippen LogP contribution in [0.3, 0.4) is 0 Å². The molecule has 1 heterocycles. The van der Waals surface area contributed by atoms with E-state index in [9.17, 15) is 0 Å². The van der Waals surface area contributed by atoms with Crippen LogP contribution in [0.4, 0.5) is 0 Å². The minimum Gasteiger partial charge on any atom is -0.316 e. The molecule has 0 atom stereocenters. The standard InChI is InChI=1S/C17H25N3/c1-12(2)16-8-6-15(7-9-16)11-20-14(4)17(10-18-5)13(3)19-20/h6-9,12,18H,10-11H2,1-5H3. The summed E-state index contributed by atoms with van der Waals surface area (Å²) >= 11 is 0. The van der Waals surface area contributed by atoms with E-state index in [0.29, 0.717) is 5.92 Å². The lowest BCUT2D eigenvalue weighted by atomic mass is 10.0.